The van der Waals surface area contributed by atoms with Crippen LogP contribution in [0.2, 0.25) is 0 Å². The van der Waals surface area contributed by atoms with E-state index in [1.807, 2.05) is 0 Å². The van der Waals surface area contributed by atoms with Crippen molar-refractivity contribution in [3.05, 3.63) is 34.0 Å². The Morgan fingerprint density at radius 1 is 1.41 bits per heavy atom. The van der Waals surface area contributed by atoms with Gasteiger partial charge in [-0.15, -0.1) is 0 Å². The molecule has 1 aromatic rings. The highest BCUT2D eigenvalue weighted by atomic mass is 32.1. The maximum atomic E-state index is 3.68. The van der Waals surface area contributed by atoms with Crippen LogP contribution < -0.4 is 5.32 Å². The van der Waals surface area contributed by atoms with Crippen LogP contribution in [0.15, 0.2) is 28.5 Å². The minimum atomic E-state index is 0.533. The molecule has 0 saturated heterocycles. The Morgan fingerprint density at radius 3 is 3.00 bits per heavy atom. The third-order valence-corrected chi connectivity index (χ3v) is 4.14. The molecule has 1 aromatic heterocycles. The smallest absolute Gasteiger partial charge is 0.0365 e. The highest BCUT2D eigenvalue weighted by molar-refractivity contribution is 7.07. The van der Waals surface area contributed by atoms with Crippen LogP contribution in [0.5, 0.6) is 0 Å². The van der Waals surface area contributed by atoms with E-state index in [4.69, 9.17) is 0 Å². The van der Waals surface area contributed by atoms with E-state index in [-0.39, 0.29) is 0 Å². The van der Waals surface area contributed by atoms with Gasteiger partial charge in [0, 0.05) is 6.04 Å². The minimum Gasteiger partial charge on any atom is -0.310 e. The molecule has 1 nitrogen and oxygen atoms in total. The first-order valence-electron chi connectivity index (χ1n) is 6.83. The molecule has 0 saturated carbocycles. The zero-order chi connectivity index (χ0) is 11.9. The lowest BCUT2D eigenvalue weighted by atomic mass is 9.92. The third-order valence-electron chi connectivity index (χ3n) is 3.44. The van der Waals surface area contributed by atoms with Crippen molar-refractivity contribution in [3.8, 4) is 0 Å². The Bertz CT molecular complexity index is 340. The van der Waals surface area contributed by atoms with E-state index >= 15 is 0 Å². The number of hydrogen-bond donors (Lipinski definition) is 1. The van der Waals surface area contributed by atoms with Gasteiger partial charge >= 0.3 is 0 Å². The molecule has 0 radical (unpaired) electrons. The highest BCUT2D eigenvalue weighted by Crippen LogP contribution is 2.28. The van der Waals surface area contributed by atoms with Gasteiger partial charge in [0.2, 0.25) is 0 Å². The molecule has 94 valence electrons. The first-order valence-corrected chi connectivity index (χ1v) is 7.78. The molecule has 1 heterocycles. The molecule has 0 bridgehead atoms. The number of rotatable bonds is 6. The second kappa shape index (κ2) is 6.97. The van der Waals surface area contributed by atoms with Gasteiger partial charge in [-0.25, -0.2) is 0 Å². The molecular formula is C15H23NS. The summed E-state index contributed by atoms with van der Waals surface area (Å²) in [7, 11) is 0. The molecule has 1 aliphatic carbocycles. The van der Waals surface area contributed by atoms with Crippen LogP contribution in [0.4, 0.5) is 0 Å². The van der Waals surface area contributed by atoms with Crippen molar-refractivity contribution in [2.75, 3.05) is 6.54 Å². The molecule has 17 heavy (non-hydrogen) atoms. The van der Waals surface area contributed by atoms with Crippen molar-refractivity contribution in [2.45, 2.75) is 51.5 Å². The van der Waals surface area contributed by atoms with Gasteiger partial charge in [0.1, 0.15) is 0 Å². The zero-order valence-corrected chi connectivity index (χ0v) is 11.6. The Morgan fingerprint density at radius 2 is 2.35 bits per heavy atom. The molecule has 0 spiro atoms. The van der Waals surface area contributed by atoms with E-state index in [0.29, 0.717) is 6.04 Å². The Kier molecular flexibility index (Phi) is 5.27. The molecule has 2 heteroatoms. The van der Waals surface area contributed by atoms with E-state index in [2.05, 4.69) is 35.1 Å². The van der Waals surface area contributed by atoms with Gasteiger partial charge in [-0.1, -0.05) is 18.6 Å². The van der Waals surface area contributed by atoms with Crippen LogP contribution in [0.3, 0.4) is 0 Å². The summed E-state index contributed by atoms with van der Waals surface area (Å²) in [5.41, 5.74) is 3.13. The van der Waals surface area contributed by atoms with Crippen LogP contribution in [-0.4, -0.2) is 6.54 Å². The average molecular weight is 249 g/mol. The molecule has 1 atom stereocenters. The topological polar surface area (TPSA) is 12.0 Å². The Labute approximate surface area is 109 Å². The van der Waals surface area contributed by atoms with Crippen molar-refractivity contribution in [1.82, 2.24) is 5.32 Å². The van der Waals surface area contributed by atoms with Gasteiger partial charge in [0.05, 0.1) is 0 Å². The predicted molar refractivity (Wildman–Crippen MR) is 76.5 cm³/mol. The summed E-state index contributed by atoms with van der Waals surface area (Å²) in [6.07, 6.45) is 10.3. The number of hydrogen-bond acceptors (Lipinski definition) is 2. The Balaban J connectivity index is 1.97. The molecular weight excluding hydrogens is 226 g/mol. The van der Waals surface area contributed by atoms with Gasteiger partial charge in [-0.05, 0) is 67.5 Å². The van der Waals surface area contributed by atoms with E-state index in [1.54, 1.807) is 16.9 Å². The molecule has 2 rings (SSSR count). The van der Waals surface area contributed by atoms with Gasteiger partial charge in [-0.2, -0.15) is 11.3 Å². The first kappa shape index (κ1) is 12.8. The summed E-state index contributed by atoms with van der Waals surface area (Å²) in [5.74, 6) is 0. The maximum absolute atomic E-state index is 3.68. The average Bonchev–Trinajstić information content (AvgIpc) is 2.89. The third kappa shape index (κ3) is 3.97. The van der Waals surface area contributed by atoms with E-state index in [0.717, 1.165) is 6.54 Å². The first-order chi connectivity index (χ1) is 8.40. The molecule has 0 amide bonds. The second-order valence-corrected chi connectivity index (χ2v) is 5.66. The molecule has 0 aromatic carbocycles. The van der Waals surface area contributed by atoms with Crippen molar-refractivity contribution in [1.29, 1.82) is 0 Å². The van der Waals surface area contributed by atoms with Crippen LogP contribution in [0, 0.1) is 0 Å². The van der Waals surface area contributed by atoms with Crippen molar-refractivity contribution in [2.24, 2.45) is 0 Å². The summed E-state index contributed by atoms with van der Waals surface area (Å²) >= 11 is 1.80. The van der Waals surface area contributed by atoms with E-state index in [9.17, 15) is 0 Å². The summed E-state index contributed by atoms with van der Waals surface area (Å²) < 4.78 is 0. The second-order valence-electron chi connectivity index (χ2n) is 4.88. The van der Waals surface area contributed by atoms with Crippen LogP contribution >= 0.6 is 11.3 Å². The SMILES string of the molecule is CCCNC(CC1=CCCCC1)c1ccsc1. The van der Waals surface area contributed by atoms with Crippen LogP contribution in [0.1, 0.15) is 57.1 Å². The summed E-state index contributed by atoms with van der Waals surface area (Å²) in [4.78, 5) is 0. The molecule has 1 aliphatic rings. The molecule has 0 aliphatic heterocycles. The quantitative estimate of drug-likeness (QED) is 0.722. The van der Waals surface area contributed by atoms with Crippen molar-refractivity contribution < 1.29 is 0 Å². The zero-order valence-electron chi connectivity index (χ0n) is 10.7. The summed E-state index contributed by atoms with van der Waals surface area (Å²) in [6, 6.07) is 2.80. The number of nitrogens with one attached hydrogen (secondary N) is 1. The van der Waals surface area contributed by atoms with Gasteiger partial charge in [-0.3, -0.25) is 0 Å². The standard InChI is InChI=1S/C15H23NS/c1-2-9-16-15(14-8-10-17-12-14)11-13-6-4-3-5-7-13/h6,8,10,12,15-16H,2-5,7,9,11H2,1H3. The largest absolute Gasteiger partial charge is 0.310 e. The monoisotopic (exact) mass is 249 g/mol. The van der Waals surface area contributed by atoms with Crippen LogP contribution in [0.25, 0.3) is 0 Å². The number of thiophene rings is 1. The lowest BCUT2D eigenvalue weighted by Gasteiger charge is -2.21. The predicted octanol–water partition coefficient (Wildman–Crippen LogP) is 4.68. The summed E-state index contributed by atoms with van der Waals surface area (Å²) in [5, 5.41) is 8.16. The van der Waals surface area contributed by atoms with E-state index < -0.39 is 0 Å². The maximum Gasteiger partial charge on any atom is 0.0365 e. The van der Waals surface area contributed by atoms with Gasteiger partial charge in [0.15, 0.2) is 0 Å². The fraction of sp³-hybridized carbons (Fsp3) is 0.600. The minimum absolute atomic E-state index is 0.533. The number of allylic oxidation sites excluding steroid dienone is 1. The lowest BCUT2D eigenvalue weighted by Crippen LogP contribution is -2.22. The molecule has 1 N–H and O–H groups in total. The fourth-order valence-corrected chi connectivity index (χ4v) is 3.17. The van der Waals surface area contributed by atoms with E-state index in [1.165, 1.54) is 44.1 Å². The highest BCUT2D eigenvalue weighted by Gasteiger charge is 2.14. The summed E-state index contributed by atoms with van der Waals surface area (Å²) in [6.45, 7) is 3.35. The molecule has 0 fully saturated rings. The van der Waals surface area contributed by atoms with Crippen molar-refractivity contribution in [3.63, 3.8) is 0 Å². The fourth-order valence-electron chi connectivity index (χ4n) is 2.45. The van der Waals surface area contributed by atoms with Crippen LogP contribution in [-0.2, 0) is 0 Å². The lowest BCUT2D eigenvalue weighted by molar-refractivity contribution is 0.513. The van der Waals surface area contributed by atoms with Gasteiger partial charge < -0.3 is 5.32 Å². The normalized spacial score (nSPS) is 17.8. The van der Waals surface area contributed by atoms with Gasteiger partial charge in [0.25, 0.3) is 0 Å². The van der Waals surface area contributed by atoms with Crippen molar-refractivity contribution >= 4 is 11.3 Å². The Hall–Kier alpha value is -0.600. The molecule has 1 unspecified atom stereocenters.